The molecule has 0 aliphatic carbocycles. The molecule has 0 aliphatic heterocycles. The van der Waals surface area contributed by atoms with Crippen molar-refractivity contribution in [3.63, 3.8) is 0 Å². The first-order chi connectivity index (χ1) is 6.85. The fraction of sp³-hybridized carbons (Fsp3) is 0.818. The van der Waals surface area contributed by atoms with Crippen molar-refractivity contribution in [2.45, 2.75) is 52.1 Å². The molecule has 86 valence electrons. The Morgan fingerprint density at radius 3 is 2.53 bits per heavy atom. The average molecular weight is 211 g/mol. The SMILES string of the molecule is CC(CC#N)NCCC(=O)NC(C)(C)C. The summed E-state index contributed by atoms with van der Waals surface area (Å²) in [6, 6.07) is 2.23. The molecule has 1 atom stereocenters. The molecule has 0 aromatic rings. The molecular formula is C11H21N3O. The van der Waals surface area contributed by atoms with Gasteiger partial charge < -0.3 is 10.6 Å². The van der Waals surface area contributed by atoms with Gasteiger partial charge in [-0.15, -0.1) is 0 Å². The molecule has 15 heavy (non-hydrogen) atoms. The second-order valence-corrected chi connectivity index (χ2v) is 4.77. The van der Waals surface area contributed by atoms with Gasteiger partial charge in [-0.1, -0.05) is 0 Å². The molecule has 0 aromatic carbocycles. The maximum absolute atomic E-state index is 11.4. The minimum atomic E-state index is -0.171. The Hall–Kier alpha value is -1.08. The molecule has 0 radical (unpaired) electrons. The van der Waals surface area contributed by atoms with E-state index in [2.05, 4.69) is 16.7 Å². The van der Waals surface area contributed by atoms with Crippen molar-refractivity contribution in [1.82, 2.24) is 10.6 Å². The quantitative estimate of drug-likeness (QED) is 0.717. The second kappa shape index (κ2) is 6.41. The number of hydrogen-bond donors (Lipinski definition) is 2. The van der Waals surface area contributed by atoms with Crippen LogP contribution in [0.15, 0.2) is 0 Å². The second-order valence-electron chi connectivity index (χ2n) is 4.77. The fourth-order valence-corrected chi connectivity index (χ4v) is 1.12. The molecule has 0 bridgehead atoms. The smallest absolute Gasteiger partial charge is 0.221 e. The lowest BCUT2D eigenvalue weighted by Crippen LogP contribution is -2.42. The number of nitrogens with zero attached hydrogens (tertiary/aromatic N) is 1. The van der Waals surface area contributed by atoms with Crippen LogP contribution in [0.2, 0.25) is 0 Å². The molecule has 4 nitrogen and oxygen atoms in total. The van der Waals surface area contributed by atoms with Gasteiger partial charge in [0.25, 0.3) is 0 Å². The number of nitriles is 1. The molecule has 4 heteroatoms. The van der Waals surface area contributed by atoms with Gasteiger partial charge in [-0.2, -0.15) is 5.26 Å². The summed E-state index contributed by atoms with van der Waals surface area (Å²) in [4.78, 5) is 11.4. The van der Waals surface area contributed by atoms with Crippen LogP contribution in [0, 0.1) is 11.3 Å². The Morgan fingerprint density at radius 2 is 2.07 bits per heavy atom. The molecule has 0 saturated carbocycles. The summed E-state index contributed by atoms with van der Waals surface area (Å²) in [7, 11) is 0. The largest absolute Gasteiger partial charge is 0.351 e. The highest BCUT2D eigenvalue weighted by molar-refractivity contribution is 5.76. The first-order valence-corrected chi connectivity index (χ1v) is 5.26. The third-order valence-electron chi connectivity index (χ3n) is 1.76. The van der Waals surface area contributed by atoms with Gasteiger partial charge in [0.2, 0.25) is 5.91 Å². The van der Waals surface area contributed by atoms with E-state index in [4.69, 9.17) is 5.26 Å². The number of carbonyl (C=O) groups is 1. The van der Waals surface area contributed by atoms with Crippen LogP contribution in [0.5, 0.6) is 0 Å². The highest BCUT2D eigenvalue weighted by atomic mass is 16.1. The van der Waals surface area contributed by atoms with Gasteiger partial charge in [0, 0.05) is 24.5 Å². The first-order valence-electron chi connectivity index (χ1n) is 5.26. The van der Waals surface area contributed by atoms with Crippen LogP contribution < -0.4 is 10.6 Å². The van der Waals surface area contributed by atoms with E-state index in [9.17, 15) is 4.79 Å². The van der Waals surface area contributed by atoms with Gasteiger partial charge in [0.05, 0.1) is 12.5 Å². The molecule has 0 aliphatic rings. The van der Waals surface area contributed by atoms with Crippen molar-refractivity contribution in [3.05, 3.63) is 0 Å². The minimum Gasteiger partial charge on any atom is -0.351 e. The number of rotatable bonds is 5. The molecule has 0 heterocycles. The number of carbonyl (C=O) groups excluding carboxylic acids is 1. The van der Waals surface area contributed by atoms with Gasteiger partial charge in [-0.05, 0) is 27.7 Å². The first kappa shape index (κ1) is 13.9. The predicted octanol–water partition coefficient (Wildman–Crippen LogP) is 1.18. The maximum Gasteiger partial charge on any atom is 0.221 e. The lowest BCUT2D eigenvalue weighted by molar-refractivity contribution is -0.122. The van der Waals surface area contributed by atoms with E-state index in [1.807, 2.05) is 27.7 Å². The van der Waals surface area contributed by atoms with Crippen LogP contribution in [-0.2, 0) is 4.79 Å². The van der Waals surface area contributed by atoms with Gasteiger partial charge in [0.15, 0.2) is 0 Å². The van der Waals surface area contributed by atoms with E-state index in [1.165, 1.54) is 0 Å². The van der Waals surface area contributed by atoms with E-state index in [1.54, 1.807) is 0 Å². The van der Waals surface area contributed by atoms with E-state index < -0.39 is 0 Å². The van der Waals surface area contributed by atoms with Crippen molar-refractivity contribution >= 4 is 5.91 Å². The van der Waals surface area contributed by atoms with Crippen molar-refractivity contribution < 1.29 is 4.79 Å². The molecule has 0 saturated heterocycles. The summed E-state index contributed by atoms with van der Waals surface area (Å²) in [5.41, 5.74) is -0.171. The molecule has 0 rings (SSSR count). The zero-order valence-electron chi connectivity index (χ0n) is 10.1. The third kappa shape index (κ3) is 9.23. The summed E-state index contributed by atoms with van der Waals surface area (Å²) < 4.78 is 0. The lowest BCUT2D eigenvalue weighted by Gasteiger charge is -2.20. The molecule has 0 spiro atoms. The zero-order valence-corrected chi connectivity index (χ0v) is 10.1. The Morgan fingerprint density at radius 1 is 1.47 bits per heavy atom. The normalized spacial score (nSPS) is 13.0. The summed E-state index contributed by atoms with van der Waals surface area (Å²) in [6.45, 7) is 8.42. The van der Waals surface area contributed by atoms with Crippen molar-refractivity contribution in [3.8, 4) is 6.07 Å². The predicted molar refractivity (Wildman–Crippen MR) is 60.2 cm³/mol. The number of nitrogens with one attached hydrogen (secondary N) is 2. The topological polar surface area (TPSA) is 64.9 Å². The number of hydrogen-bond acceptors (Lipinski definition) is 3. The van der Waals surface area contributed by atoms with E-state index in [0.717, 1.165) is 0 Å². The molecule has 2 N–H and O–H groups in total. The summed E-state index contributed by atoms with van der Waals surface area (Å²) >= 11 is 0. The van der Waals surface area contributed by atoms with Crippen molar-refractivity contribution in [2.75, 3.05) is 6.54 Å². The summed E-state index contributed by atoms with van der Waals surface area (Å²) in [5, 5.41) is 14.4. The van der Waals surface area contributed by atoms with Gasteiger partial charge in [-0.3, -0.25) is 4.79 Å². The number of amides is 1. The average Bonchev–Trinajstić information content (AvgIpc) is 2.00. The van der Waals surface area contributed by atoms with Crippen LogP contribution >= 0.6 is 0 Å². The Kier molecular flexibility index (Phi) is 5.95. The van der Waals surface area contributed by atoms with Crippen LogP contribution in [0.1, 0.15) is 40.5 Å². The highest BCUT2D eigenvalue weighted by Gasteiger charge is 2.13. The zero-order chi connectivity index (χ0) is 11.9. The minimum absolute atomic E-state index is 0.0409. The molecule has 0 aromatic heterocycles. The third-order valence-corrected chi connectivity index (χ3v) is 1.76. The Labute approximate surface area is 92.0 Å². The molecule has 0 fully saturated rings. The van der Waals surface area contributed by atoms with Gasteiger partial charge in [-0.25, -0.2) is 0 Å². The van der Waals surface area contributed by atoms with Crippen LogP contribution in [0.3, 0.4) is 0 Å². The molecule has 1 amide bonds. The van der Waals surface area contributed by atoms with Crippen LogP contribution in [-0.4, -0.2) is 24.0 Å². The monoisotopic (exact) mass is 211 g/mol. The summed E-state index contributed by atoms with van der Waals surface area (Å²) in [6.07, 6.45) is 0.925. The van der Waals surface area contributed by atoms with Gasteiger partial charge in [0.1, 0.15) is 0 Å². The van der Waals surface area contributed by atoms with E-state index in [-0.39, 0.29) is 17.5 Å². The Bertz CT molecular complexity index is 237. The van der Waals surface area contributed by atoms with Crippen LogP contribution in [0.4, 0.5) is 0 Å². The molecular weight excluding hydrogens is 190 g/mol. The van der Waals surface area contributed by atoms with Crippen LogP contribution in [0.25, 0.3) is 0 Å². The molecule has 1 unspecified atom stereocenters. The lowest BCUT2D eigenvalue weighted by atomic mass is 10.1. The van der Waals surface area contributed by atoms with E-state index in [0.29, 0.717) is 19.4 Å². The fourth-order valence-electron chi connectivity index (χ4n) is 1.12. The standard InChI is InChI=1S/C11H21N3O/c1-9(5-7-12)13-8-6-10(15)14-11(2,3)4/h9,13H,5-6,8H2,1-4H3,(H,14,15). The summed E-state index contributed by atoms with van der Waals surface area (Å²) in [5.74, 6) is 0.0409. The maximum atomic E-state index is 11.4. The van der Waals surface area contributed by atoms with Crippen molar-refractivity contribution in [1.29, 1.82) is 5.26 Å². The van der Waals surface area contributed by atoms with E-state index >= 15 is 0 Å². The highest BCUT2D eigenvalue weighted by Crippen LogP contribution is 1.98. The van der Waals surface area contributed by atoms with Gasteiger partial charge >= 0.3 is 0 Å². The Balaban J connectivity index is 3.61. The van der Waals surface area contributed by atoms with Crippen molar-refractivity contribution in [2.24, 2.45) is 0 Å².